The second-order valence-electron chi connectivity index (χ2n) is 3.74. The first-order chi connectivity index (χ1) is 6.66. The van der Waals surface area contributed by atoms with E-state index in [1.807, 2.05) is 6.20 Å². The first kappa shape index (κ1) is 9.00. The number of fused-ring (bicyclic) bond motifs is 1. The number of carbonyl (C=O) groups is 1. The van der Waals surface area contributed by atoms with Crippen LogP contribution in [0.15, 0.2) is 24.4 Å². The summed E-state index contributed by atoms with van der Waals surface area (Å²) in [5.41, 5.74) is 3.43. The topological polar surface area (TPSA) is 32.9 Å². The van der Waals surface area contributed by atoms with Crippen LogP contribution in [-0.4, -0.2) is 10.8 Å². The van der Waals surface area contributed by atoms with E-state index in [4.69, 9.17) is 0 Å². The first-order valence-corrected chi connectivity index (χ1v) is 4.73. The minimum absolute atomic E-state index is 0.200. The standard InChI is InChI=1S/C12H13NO/c1-8-3-4-11-10(6-9(2)14)7-13-12(11)5-8/h3-5,7,13H,6H2,1-2H3. The van der Waals surface area contributed by atoms with Crippen molar-refractivity contribution < 1.29 is 4.79 Å². The second kappa shape index (κ2) is 3.29. The van der Waals surface area contributed by atoms with E-state index < -0.39 is 0 Å². The number of Topliss-reactive ketones (excluding diaryl/α,β-unsaturated/α-hetero) is 1. The third kappa shape index (κ3) is 1.55. The van der Waals surface area contributed by atoms with Crippen LogP contribution in [0.1, 0.15) is 18.1 Å². The SMILES string of the molecule is CC(=O)Cc1c[nH]c2cc(C)ccc12. The maximum absolute atomic E-state index is 11.0. The fraction of sp³-hybridized carbons (Fsp3) is 0.250. The van der Waals surface area contributed by atoms with Crippen LogP contribution < -0.4 is 0 Å². The van der Waals surface area contributed by atoms with Crippen molar-refractivity contribution in [2.75, 3.05) is 0 Å². The molecule has 1 N–H and O–H groups in total. The smallest absolute Gasteiger partial charge is 0.134 e. The highest BCUT2D eigenvalue weighted by molar-refractivity contribution is 5.89. The molecular weight excluding hydrogens is 174 g/mol. The van der Waals surface area contributed by atoms with Gasteiger partial charge in [0, 0.05) is 23.5 Å². The molecule has 0 saturated carbocycles. The van der Waals surface area contributed by atoms with Gasteiger partial charge in [0.15, 0.2) is 0 Å². The Morgan fingerprint density at radius 2 is 2.21 bits per heavy atom. The van der Waals surface area contributed by atoms with Crippen molar-refractivity contribution in [3.05, 3.63) is 35.5 Å². The molecule has 0 saturated heterocycles. The van der Waals surface area contributed by atoms with Crippen molar-refractivity contribution in [3.8, 4) is 0 Å². The van der Waals surface area contributed by atoms with Crippen molar-refractivity contribution in [2.45, 2.75) is 20.3 Å². The van der Waals surface area contributed by atoms with Crippen LogP contribution in [0.2, 0.25) is 0 Å². The molecule has 1 aromatic heterocycles. The first-order valence-electron chi connectivity index (χ1n) is 4.73. The monoisotopic (exact) mass is 187 g/mol. The quantitative estimate of drug-likeness (QED) is 0.770. The number of hydrogen-bond donors (Lipinski definition) is 1. The molecule has 72 valence electrons. The molecule has 0 radical (unpaired) electrons. The van der Waals surface area contributed by atoms with Gasteiger partial charge in [-0.1, -0.05) is 12.1 Å². The molecule has 0 atom stereocenters. The van der Waals surface area contributed by atoms with E-state index in [1.165, 1.54) is 5.56 Å². The van der Waals surface area contributed by atoms with E-state index in [2.05, 4.69) is 30.1 Å². The minimum Gasteiger partial charge on any atom is -0.361 e. The van der Waals surface area contributed by atoms with Crippen molar-refractivity contribution >= 4 is 16.7 Å². The van der Waals surface area contributed by atoms with E-state index in [-0.39, 0.29) is 5.78 Å². The number of H-pyrrole nitrogens is 1. The van der Waals surface area contributed by atoms with Gasteiger partial charge < -0.3 is 4.98 Å². The molecule has 2 rings (SSSR count). The van der Waals surface area contributed by atoms with Crippen molar-refractivity contribution in [3.63, 3.8) is 0 Å². The number of hydrogen-bond acceptors (Lipinski definition) is 1. The number of aromatic nitrogens is 1. The molecule has 0 amide bonds. The van der Waals surface area contributed by atoms with Gasteiger partial charge >= 0.3 is 0 Å². The van der Waals surface area contributed by atoms with Crippen LogP contribution in [0.4, 0.5) is 0 Å². The van der Waals surface area contributed by atoms with Crippen LogP contribution in [0, 0.1) is 6.92 Å². The number of aromatic amines is 1. The maximum atomic E-state index is 11.0. The maximum Gasteiger partial charge on any atom is 0.134 e. The average Bonchev–Trinajstić information content (AvgIpc) is 2.47. The summed E-state index contributed by atoms with van der Waals surface area (Å²) < 4.78 is 0. The molecule has 0 aliphatic carbocycles. The zero-order valence-corrected chi connectivity index (χ0v) is 8.42. The largest absolute Gasteiger partial charge is 0.361 e. The van der Waals surface area contributed by atoms with Crippen LogP contribution in [0.5, 0.6) is 0 Å². The molecule has 14 heavy (non-hydrogen) atoms. The lowest BCUT2D eigenvalue weighted by Gasteiger charge is -1.96. The van der Waals surface area contributed by atoms with E-state index in [9.17, 15) is 4.79 Å². The third-order valence-corrected chi connectivity index (χ3v) is 2.36. The van der Waals surface area contributed by atoms with E-state index in [0.717, 1.165) is 16.5 Å². The van der Waals surface area contributed by atoms with Gasteiger partial charge in [0.25, 0.3) is 0 Å². The fourth-order valence-electron chi connectivity index (χ4n) is 1.71. The summed E-state index contributed by atoms with van der Waals surface area (Å²) in [5.74, 6) is 0.200. The van der Waals surface area contributed by atoms with Gasteiger partial charge in [-0.25, -0.2) is 0 Å². The molecule has 0 unspecified atom stereocenters. The number of ketones is 1. The molecule has 2 heteroatoms. The molecule has 0 aliphatic heterocycles. The van der Waals surface area contributed by atoms with Gasteiger partial charge in [-0.3, -0.25) is 4.79 Å². The van der Waals surface area contributed by atoms with Gasteiger partial charge in [-0.05, 0) is 31.0 Å². The normalized spacial score (nSPS) is 10.7. The molecular formula is C12H13NO. The highest BCUT2D eigenvalue weighted by Gasteiger charge is 2.05. The fourth-order valence-corrected chi connectivity index (χ4v) is 1.71. The average molecular weight is 187 g/mol. The lowest BCUT2D eigenvalue weighted by atomic mass is 10.1. The van der Waals surface area contributed by atoms with Crippen molar-refractivity contribution in [2.24, 2.45) is 0 Å². The Bertz CT molecular complexity index is 482. The van der Waals surface area contributed by atoms with Gasteiger partial charge in [0.2, 0.25) is 0 Å². The van der Waals surface area contributed by atoms with Crippen LogP contribution in [0.3, 0.4) is 0 Å². The Hall–Kier alpha value is -1.57. The lowest BCUT2D eigenvalue weighted by molar-refractivity contribution is -0.116. The van der Waals surface area contributed by atoms with Crippen molar-refractivity contribution in [1.29, 1.82) is 0 Å². The molecule has 2 nitrogen and oxygen atoms in total. The third-order valence-electron chi connectivity index (χ3n) is 2.36. The van der Waals surface area contributed by atoms with Crippen LogP contribution in [0.25, 0.3) is 10.9 Å². The summed E-state index contributed by atoms with van der Waals surface area (Å²) in [7, 11) is 0. The Balaban J connectivity index is 2.52. The molecule has 0 aliphatic rings. The summed E-state index contributed by atoms with van der Waals surface area (Å²) in [6, 6.07) is 6.23. The predicted molar refractivity (Wildman–Crippen MR) is 57.4 cm³/mol. The van der Waals surface area contributed by atoms with Crippen LogP contribution in [-0.2, 0) is 11.2 Å². The number of nitrogens with one attached hydrogen (secondary N) is 1. The van der Waals surface area contributed by atoms with Crippen LogP contribution >= 0.6 is 0 Å². The number of benzene rings is 1. The predicted octanol–water partition coefficient (Wildman–Crippen LogP) is 2.61. The Morgan fingerprint density at radius 1 is 1.43 bits per heavy atom. The molecule has 0 bridgehead atoms. The second-order valence-corrected chi connectivity index (χ2v) is 3.74. The van der Waals surface area contributed by atoms with Gasteiger partial charge in [-0.15, -0.1) is 0 Å². The molecule has 0 spiro atoms. The molecule has 2 aromatic rings. The van der Waals surface area contributed by atoms with E-state index in [1.54, 1.807) is 6.92 Å². The summed E-state index contributed by atoms with van der Waals surface area (Å²) in [6.07, 6.45) is 2.44. The highest BCUT2D eigenvalue weighted by atomic mass is 16.1. The summed E-state index contributed by atoms with van der Waals surface area (Å²) in [4.78, 5) is 14.2. The Morgan fingerprint density at radius 3 is 2.93 bits per heavy atom. The zero-order valence-electron chi connectivity index (χ0n) is 8.42. The van der Waals surface area contributed by atoms with Gasteiger partial charge in [-0.2, -0.15) is 0 Å². The molecule has 0 fully saturated rings. The summed E-state index contributed by atoms with van der Waals surface area (Å²) >= 11 is 0. The van der Waals surface area contributed by atoms with Crippen molar-refractivity contribution in [1.82, 2.24) is 4.98 Å². The number of carbonyl (C=O) groups excluding carboxylic acids is 1. The lowest BCUT2D eigenvalue weighted by Crippen LogP contribution is -1.94. The van der Waals surface area contributed by atoms with Gasteiger partial charge in [0.1, 0.15) is 5.78 Å². The number of rotatable bonds is 2. The van der Waals surface area contributed by atoms with E-state index in [0.29, 0.717) is 6.42 Å². The molecule has 1 heterocycles. The zero-order chi connectivity index (χ0) is 10.1. The van der Waals surface area contributed by atoms with Gasteiger partial charge in [0.05, 0.1) is 0 Å². The number of aryl methyl sites for hydroxylation is 1. The Kier molecular flexibility index (Phi) is 2.12. The highest BCUT2D eigenvalue weighted by Crippen LogP contribution is 2.19. The van der Waals surface area contributed by atoms with E-state index >= 15 is 0 Å². The minimum atomic E-state index is 0.200. The summed E-state index contributed by atoms with van der Waals surface area (Å²) in [5, 5.41) is 1.16. The molecule has 1 aromatic carbocycles. The Labute approximate surface area is 82.9 Å². The summed E-state index contributed by atoms with van der Waals surface area (Å²) in [6.45, 7) is 3.68.